The average molecular weight is 314 g/mol. The first-order valence-electron chi connectivity index (χ1n) is 7.80. The number of nitrogens with one attached hydrogen (secondary N) is 1. The molecule has 1 unspecified atom stereocenters. The molecule has 1 fully saturated rings. The molecule has 0 bridgehead atoms. The van der Waals surface area contributed by atoms with Gasteiger partial charge in [-0.2, -0.15) is 0 Å². The minimum Gasteiger partial charge on any atom is -0.345 e. The van der Waals surface area contributed by atoms with Crippen LogP contribution in [-0.2, 0) is 6.54 Å². The third-order valence-electron chi connectivity index (χ3n) is 3.99. The maximum absolute atomic E-state index is 12.5. The number of hydrogen-bond donors (Lipinski definition) is 1. The van der Waals surface area contributed by atoms with Crippen molar-refractivity contribution in [3.05, 3.63) is 41.5 Å². The van der Waals surface area contributed by atoms with Crippen molar-refractivity contribution in [3.8, 4) is 0 Å². The Hall–Kier alpha value is -2.28. The van der Waals surface area contributed by atoms with Gasteiger partial charge in [0.15, 0.2) is 0 Å². The molecule has 1 aliphatic rings. The highest BCUT2D eigenvalue weighted by Crippen LogP contribution is 2.26. The van der Waals surface area contributed by atoms with E-state index in [1.165, 1.54) is 0 Å². The largest absolute Gasteiger partial charge is 0.345 e. The first-order valence-corrected chi connectivity index (χ1v) is 7.80. The van der Waals surface area contributed by atoms with Gasteiger partial charge in [-0.25, -0.2) is 15.0 Å². The zero-order valence-corrected chi connectivity index (χ0v) is 13.8. The van der Waals surface area contributed by atoms with Crippen molar-refractivity contribution in [2.75, 3.05) is 27.2 Å². The van der Waals surface area contributed by atoms with E-state index in [-0.39, 0.29) is 11.8 Å². The van der Waals surface area contributed by atoms with Crippen molar-refractivity contribution in [2.45, 2.75) is 25.8 Å². The Kier molecular flexibility index (Phi) is 4.38. The first-order chi connectivity index (χ1) is 11.0. The molecule has 1 aliphatic heterocycles. The zero-order valence-electron chi connectivity index (χ0n) is 13.8. The van der Waals surface area contributed by atoms with Gasteiger partial charge in [0.25, 0.3) is 5.91 Å². The summed E-state index contributed by atoms with van der Waals surface area (Å²) in [6.07, 6.45) is 4.43. The fourth-order valence-corrected chi connectivity index (χ4v) is 2.91. The van der Waals surface area contributed by atoms with Gasteiger partial charge >= 0.3 is 0 Å². The quantitative estimate of drug-likeness (QED) is 0.917. The molecule has 0 spiro atoms. The van der Waals surface area contributed by atoms with Crippen molar-refractivity contribution in [1.82, 2.24) is 29.7 Å². The Morgan fingerprint density at radius 2 is 2.26 bits per heavy atom. The van der Waals surface area contributed by atoms with Crippen molar-refractivity contribution in [2.24, 2.45) is 0 Å². The molecule has 0 aliphatic carbocycles. The zero-order chi connectivity index (χ0) is 16.4. The van der Waals surface area contributed by atoms with Crippen LogP contribution in [0.25, 0.3) is 0 Å². The number of rotatable bonds is 4. The first kappa shape index (κ1) is 15.6. The molecule has 7 nitrogen and oxygen atoms in total. The molecule has 1 N–H and O–H groups in total. The molecule has 23 heavy (non-hydrogen) atoms. The van der Waals surface area contributed by atoms with Gasteiger partial charge in [-0.05, 0) is 33.5 Å². The molecule has 0 radical (unpaired) electrons. The molecule has 1 saturated heterocycles. The van der Waals surface area contributed by atoms with Gasteiger partial charge in [0.1, 0.15) is 17.3 Å². The van der Waals surface area contributed by atoms with Crippen LogP contribution in [0.2, 0.25) is 0 Å². The number of aromatic amines is 1. The van der Waals surface area contributed by atoms with E-state index < -0.39 is 0 Å². The Morgan fingerprint density at radius 1 is 1.43 bits per heavy atom. The maximum atomic E-state index is 12.5. The summed E-state index contributed by atoms with van der Waals surface area (Å²) in [6.45, 7) is 4.04. The number of imidazole rings is 1. The molecule has 7 heteroatoms. The van der Waals surface area contributed by atoms with E-state index in [2.05, 4.69) is 24.8 Å². The summed E-state index contributed by atoms with van der Waals surface area (Å²) in [4.78, 5) is 32.6. The summed E-state index contributed by atoms with van der Waals surface area (Å²) < 4.78 is 0. The van der Waals surface area contributed by atoms with Crippen molar-refractivity contribution < 1.29 is 4.79 Å². The van der Waals surface area contributed by atoms with E-state index in [1.807, 2.05) is 25.2 Å². The number of H-pyrrole nitrogens is 1. The molecular formula is C16H22N6O. The highest BCUT2D eigenvalue weighted by Gasteiger charge is 2.30. The van der Waals surface area contributed by atoms with Crippen LogP contribution in [0.4, 0.5) is 0 Å². The van der Waals surface area contributed by atoms with Gasteiger partial charge in [-0.1, -0.05) is 0 Å². The van der Waals surface area contributed by atoms with E-state index in [1.54, 1.807) is 19.2 Å². The summed E-state index contributed by atoms with van der Waals surface area (Å²) in [6, 6.07) is 1.67. The van der Waals surface area contributed by atoms with Crippen LogP contribution in [0.3, 0.4) is 0 Å². The highest BCUT2D eigenvalue weighted by atomic mass is 16.2. The Bertz CT molecular complexity index is 695. The second-order valence-electron chi connectivity index (χ2n) is 6.26. The van der Waals surface area contributed by atoms with Crippen LogP contribution in [0, 0.1) is 6.92 Å². The number of carbonyl (C=O) groups excluding carboxylic acids is 1. The third kappa shape index (κ3) is 3.56. The molecule has 0 saturated carbocycles. The van der Waals surface area contributed by atoms with Gasteiger partial charge in [0, 0.05) is 43.6 Å². The lowest BCUT2D eigenvalue weighted by Crippen LogP contribution is -2.29. The van der Waals surface area contributed by atoms with Crippen molar-refractivity contribution >= 4 is 5.91 Å². The van der Waals surface area contributed by atoms with Crippen molar-refractivity contribution in [3.63, 3.8) is 0 Å². The standard InChI is InChI=1S/C16H22N6O/c1-11-17-6-4-14(19-11)16(23)22-7-5-12(9-22)15-18-8-13(20-15)10-21(2)3/h4,6,8,12H,5,7,9-10H2,1-3H3,(H,18,20). The van der Waals surface area contributed by atoms with Crippen LogP contribution in [0.1, 0.15) is 40.2 Å². The fourth-order valence-electron chi connectivity index (χ4n) is 2.91. The lowest BCUT2D eigenvalue weighted by Gasteiger charge is -2.15. The predicted molar refractivity (Wildman–Crippen MR) is 86.0 cm³/mol. The van der Waals surface area contributed by atoms with E-state index in [0.29, 0.717) is 18.1 Å². The minimum absolute atomic E-state index is 0.0296. The molecule has 122 valence electrons. The maximum Gasteiger partial charge on any atom is 0.272 e. The molecule has 3 heterocycles. The third-order valence-corrected chi connectivity index (χ3v) is 3.99. The topological polar surface area (TPSA) is 78.0 Å². The highest BCUT2D eigenvalue weighted by molar-refractivity contribution is 5.92. The van der Waals surface area contributed by atoms with Gasteiger partial charge in [-0.15, -0.1) is 0 Å². The minimum atomic E-state index is -0.0296. The predicted octanol–water partition coefficient (Wildman–Crippen LogP) is 1.20. The SMILES string of the molecule is Cc1nccc(C(=O)N2CCC(c3ncc(CN(C)C)[nH]3)C2)n1. The van der Waals surface area contributed by atoms with Gasteiger partial charge < -0.3 is 14.8 Å². The van der Waals surface area contributed by atoms with Crippen LogP contribution < -0.4 is 0 Å². The van der Waals surface area contributed by atoms with Crippen LogP contribution in [0.5, 0.6) is 0 Å². The molecule has 2 aromatic heterocycles. The monoisotopic (exact) mass is 314 g/mol. The second kappa shape index (κ2) is 6.45. The van der Waals surface area contributed by atoms with Gasteiger partial charge in [0.05, 0.1) is 0 Å². The summed E-state index contributed by atoms with van der Waals surface area (Å²) in [7, 11) is 4.06. The number of aromatic nitrogens is 4. The number of carbonyl (C=O) groups is 1. The molecule has 3 rings (SSSR count). The molecule has 1 atom stereocenters. The summed E-state index contributed by atoms with van der Waals surface area (Å²) >= 11 is 0. The number of aryl methyl sites for hydroxylation is 1. The summed E-state index contributed by atoms with van der Waals surface area (Å²) in [5, 5.41) is 0. The summed E-state index contributed by atoms with van der Waals surface area (Å²) in [5.74, 6) is 1.82. The van der Waals surface area contributed by atoms with E-state index in [4.69, 9.17) is 0 Å². The smallest absolute Gasteiger partial charge is 0.272 e. The Morgan fingerprint density at radius 3 is 3.00 bits per heavy atom. The number of likely N-dealkylation sites (tertiary alicyclic amines) is 1. The summed E-state index contributed by atoms with van der Waals surface area (Å²) in [5.41, 5.74) is 1.56. The van der Waals surface area contributed by atoms with E-state index in [9.17, 15) is 4.79 Å². The lowest BCUT2D eigenvalue weighted by molar-refractivity contribution is 0.0784. The average Bonchev–Trinajstić information content (AvgIpc) is 3.14. The molecule has 1 amide bonds. The van der Waals surface area contributed by atoms with E-state index in [0.717, 1.165) is 31.0 Å². The molecule has 0 aromatic carbocycles. The number of hydrogen-bond acceptors (Lipinski definition) is 5. The van der Waals surface area contributed by atoms with Crippen LogP contribution in [0.15, 0.2) is 18.5 Å². The number of amides is 1. The molecule has 2 aromatic rings. The van der Waals surface area contributed by atoms with Gasteiger partial charge in [0.2, 0.25) is 0 Å². The van der Waals surface area contributed by atoms with Crippen molar-refractivity contribution in [1.29, 1.82) is 0 Å². The van der Waals surface area contributed by atoms with Gasteiger partial charge in [-0.3, -0.25) is 4.79 Å². The second-order valence-corrected chi connectivity index (χ2v) is 6.26. The van der Waals surface area contributed by atoms with Crippen LogP contribution in [-0.4, -0.2) is 62.8 Å². The Balaban J connectivity index is 1.66. The van der Waals surface area contributed by atoms with Crippen LogP contribution >= 0.6 is 0 Å². The van der Waals surface area contributed by atoms with E-state index >= 15 is 0 Å². The lowest BCUT2D eigenvalue weighted by atomic mass is 10.1. The molecular weight excluding hydrogens is 292 g/mol. The fraction of sp³-hybridized carbons (Fsp3) is 0.500. The Labute approximate surface area is 135 Å². The normalized spacial score (nSPS) is 17.9. The number of nitrogens with zero attached hydrogens (tertiary/aromatic N) is 5.